The first-order valence-corrected chi connectivity index (χ1v) is 7.52. The number of hydrogen-bond acceptors (Lipinski definition) is 4. The van der Waals surface area contributed by atoms with Gasteiger partial charge in [0.1, 0.15) is 5.82 Å². The van der Waals surface area contributed by atoms with Gasteiger partial charge in [0.2, 0.25) is 0 Å². The minimum absolute atomic E-state index is 0.173. The molecule has 1 aromatic heterocycles. The highest BCUT2D eigenvalue weighted by molar-refractivity contribution is 6.31. The Labute approximate surface area is 144 Å². The Morgan fingerprint density at radius 2 is 2.25 bits per heavy atom. The summed E-state index contributed by atoms with van der Waals surface area (Å²) in [6.07, 6.45) is 4.76. The third kappa shape index (κ3) is 3.86. The Morgan fingerprint density at radius 3 is 2.88 bits per heavy atom. The van der Waals surface area contributed by atoms with E-state index >= 15 is 0 Å². The van der Waals surface area contributed by atoms with Gasteiger partial charge in [0.25, 0.3) is 0 Å². The van der Waals surface area contributed by atoms with Crippen LogP contribution < -0.4 is 0 Å². The molecule has 0 aliphatic carbocycles. The quantitative estimate of drug-likeness (QED) is 0.351. The summed E-state index contributed by atoms with van der Waals surface area (Å²) in [6, 6.07) is 4.87. The summed E-state index contributed by atoms with van der Waals surface area (Å²) in [4.78, 5) is 19.6. The number of halogens is 2. The van der Waals surface area contributed by atoms with Crippen molar-refractivity contribution >= 4 is 35.2 Å². The van der Waals surface area contributed by atoms with Crippen LogP contribution in [-0.4, -0.2) is 24.8 Å². The summed E-state index contributed by atoms with van der Waals surface area (Å²) < 4.78 is 19.4. The third-order valence-electron chi connectivity index (χ3n) is 3.47. The molecule has 4 nitrogen and oxygen atoms in total. The number of pyridine rings is 1. The van der Waals surface area contributed by atoms with Crippen molar-refractivity contribution in [1.29, 1.82) is 0 Å². The predicted molar refractivity (Wildman–Crippen MR) is 93.8 cm³/mol. The third-order valence-corrected chi connectivity index (χ3v) is 3.68. The van der Waals surface area contributed by atoms with E-state index in [1.54, 1.807) is 25.1 Å². The second kappa shape index (κ2) is 7.84. The number of ether oxygens (including phenoxy) is 1. The Kier molecular flexibility index (Phi) is 5.82. The Balaban J connectivity index is 2.41. The molecule has 1 heterocycles. The fraction of sp³-hybridized carbons (Fsp3) is 0.167. The number of esters is 1. The van der Waals surface area contributed by atoms with Crippen LogP contribution in [0.3, 0.4) is 0 Å². The summed E-state index contributed by atoms with van der Waals surface area (Å²) in [5.41, 5.74) is 1.69. The number of aromatic nitrogens is 1. The van der Waals surface area contributed by atoms with Crippen LogP contribution >= 0.6 is 11.6 Å². The molecule has 0 spiro atoms. The zero-order valence-corrected chi connectivity index (χ0v) is 14.1. The van der Waals surface area contributed by atoms with E-state index in [1.165, 1.54) is 25.4 Å². The second-order valence-corrected chi connectivity index (χ2v) is 5.40. The molecule has 0 fully saturated rings. The SMILES string of the molecule is C=N/C(=C\C(=C/C)C(=O)OC)Cc1ccc2ncc(Cl)cc2c1F. The number of carbonyl (C=O) groups is 1. The number of nitrogens with zero attached hydrogens (tertiary/aromatic N) is 2. The lowest BCUT2D eigenvalue weighted by Gasteiger charge is -2.08. The normalized spacial score (nSPS) is 12.3. The summed E-state index contributed by atoms with van der Waals surface area (Å²) in [7, 11) is 1.29. The monoisotopic (exact) mass is 346 g/mol. The van der Waals surface area contributed by atoms with Crippen LogP contribution in [0, 0.1) is 5.82 Å². The van der Waals surface area contributed by atoms with Crippen molar-refractivity contribution in [3.05, 3.63) is 64.2 Å². The van der Waals surface area contributed by atoms with Crippen molar-refractivity contribution in [1.82, 2.24) is 4.98 Å². The molecule has 0 radical (unpaired) electrons. The molecule has 124 valence electrons. The van der Waals surface area contributed by atoms with Crippen LogP contribution in [0.4, 0.5) is 4.39 Å². The standard InChI is InChI=1S/C18H16ClFN2O2/c1-4-11(18(23)24-3)7-14(21-2)8-12-5-6-16-15(17(12)20)9-13(19)10-22-16/h4-7,9-10H,2,8H2,1,3H3/b11-4+,14-7-. The van der Waals surface area contributed by atoms with E-state index in [1.807, 2.05) is 0 Å². The molecule has 0 saturated carbocycles. The molecular formula is C18H16ClFN2O2. The van der Waals surface area contributed by atoms with Crippen molar-refractivity contribution in [2.45, 2.75) is 13.3 Å². The Hall–Kier alpha value is -2.53. The fourth-order valence-electron chi connectivity index (χ4n) is 2.23. The van der Waals surface area contributed by atoms with Crippen LogP contribution in [0.25, 0.3) is 10.9 Å². The Bertz CT molecular complexity index is 859. The lowest BCUT2D eigenvalue weighted by Crippen LogP contribution is -2.04. The molecule has 0 bridgehead atoms. The van der Waals surface area contributed by atoms with Gasteiger partial charge >= 0.3 is 5.97 Å². The summed E-state index contributed by atoms with van der Waals surface area (Å²) in [5.74, 6) is -0.911. The van der Waals surface area contributed by atoms with Crippen molar-refractivity contribution < 1.29 is 13.9 Å². The van der Waals surface area contributed by atoms with Gasteiger partial charge in [-0.25, -0.2) is 9.18 Å². The fourth-order valence-corrected chi connectivity index (χ4v) is 2.38. The average molecular weight is 347 g/mol. The largest absolute Gasteiger partial charge is 0.465 e. The van der Waals surface area contributed by atoms with Crippen LogP contribution in [-0.2, 0) is 16.0 Å². The first-order valence-electron chi connectivity index (χ1n) is 7.14. The summed E-state index contributed by atoms with van der Waals surface area (Å²) >= 11 is 5.89. The number of rotatable bonds is 5. The van der Waals surface area contributed by atoms with Crippen molar-refractivity contribution in [3.63, 3.8) is 0 Å². The first kappa shape index (κ1) is 17.8. The maximum atomic E-state index is 14.7. The van der Waals surface area contributed by atoms with E-state index in [-0.39, 0.29) is 6.42 Å². The van der Waals surface area contributed by atoms with Gasteiger partial charge in [-0.15, -0.1) is 0 Å². The first-order chi connectivity index (χ1) is 11.5. The number of methoxy groups -OCH3 is 1. The molecule has 2 rings (SSSR count). The topological polar surface area (TPSA) is 51.5 Å². The maximum Gasteiger partial charge on any atom is 0.337 e. The molecule has 0 atom stereocenters. The average Bonchev–Trinajstić information content (AvgIpc) is 2.60. The minimum atomic E-state index is -0.492. The van der Waals surface area contributed by atoms with Gasteiger partial charge in [0.15, 0.2) is 0 Å². The second-order valence-electron chi connectivity index (χ2n) is 4.97. The number of hydrogen-bond donors (Lipinski definition) is 0. The van der Waals surface area contributed by atoms with Gasteiger partial charge in [0.05, 0.1) is 23.2 Å². The molecule has 2 aromatic rings. The maximum absolute atomic E-state index is 14.7. The van der Waals surface area contributed by atoms with Gasteiger partial charge in [-0.2, -0.15) is 0 Å². The molecular weight excluding hydrogens is 331 g/mol. The van der Waals surface area contributed by atoms with E-state index in [4.69, 9.17) is 11.6 Å². The lowest BCUT2D eigenvalue weighted by atomic mass is 10.0. The van der Waals surface area contributed by atoms with Gasteiger partial charge in [-0.1, -0.05) is 23.7 Å². The number of fused-ring (bicyclic) bond motifs is 1. The molecule has 0 N–H and O–H groups in total. The number of aliphatic imine (C=N–C) groups is 1. The van der Waals surface area contributed by atoms with Gasteiger partial charge in [-0.05, 0) is 37.4 Å². The lowest BCUT2D eigenvalue weighted by molar-refractivity contribution is -0.135. The van der Waals surface area contributed by atoms with E-state index in [0.29, 0.717) is 32.8 Å². The van der Waals surface area contributed by atoms with Gasteiger partial charge < -0.3 is 4.74 Å². The molecule has 6 heteroatoms. The smallest absolute Gasteiger partial charge is 0.337 e. The van der Waals surface area contributed by atoms with Crippen LogP contribution in [0.5, 0.6) is 0 Å². The Morgan fingerprint density at radius 1 is 1.50 bits per heavy atom. The molecule has 24 heavy (non-hydrogen) atoms. The zero-order valence-electron chi connectivity index (χ0n) is 13.3. The number of carbonyl (C=O) groups excluding carboxylic acids is 1. The van der Waals surface area contributed by atoms with Crippen molar-refractivity contribution in [3.8, 4) is 0 Å². The molecule has 0 unspecified atom stereocenters. The predicted octanol–water partition coefficient (Wildman–Crippen LogP) is 4.27. The number of allylic oxidation sites excluding steroid dienone is 2. The highest BCUT2D eigenvalue weighted by Crippen LogP contribution is 2.24. The molecule has 0 amide bonds. The minimum Gasteiger partial charge on any atom is -0.465 e. The van der Waals surface area contributed by atoms with E-state index in [0.717, 1.165) is 0 Å². The molecule has 0 aliphatic heterocycles. The van der Waals surface area contributed by atoms with Gasteiger partial charge in [0, 0.05) is 23.7 Å². The van der Waals surface area contributed by atoms with Crippen molar-refractivity contribution in [2.24, 2.45) is 4.99 Å². The molecule has 0 saturated heterocycles. The zero-order chi connectivity index (χ0) is 17.7. The van der Waals surface area contributed by atoms with Crippen LogP contribution in [0.15, 0.2) is 52.8 Å². The van der Waals surface area contributed by atoms with E-state index in [2.05, 4.69) is 21.4 Å². The summed E-state index contributed by atoms with van der Waals surface area (Å²) in [6.45, 7) is 5.18. The highest BCUT2D eigenvalue weighted by atomic mass is 35.5. The van der Waals surface area contributed by atoms with Gasteiger partial charge in [-0.3, -0.25) is 9.98 Å². The summed E-state index contributed by atoms with van der Waals surface area (Å²) in [5, 5.41) is 0.695. The van der Waals surface area contributed by atoms with E-state index < -0.39 is 11.8 Å². The van der Waals surface area contributed by atoms with E-state index in [9.17, 15) is 9.18 Å². The number of benzene rings is 1. The highest BCUT2D eigenvalue weighted by Gasteiger charge is 2.12. The molecule has 1 aromatic carbocycles. The van der Waals surface area contributed by atoms with Crippen molar-refractivity contribution in [2.75, 3.05) is 7.11 Å². The van der Waals surface area contributed by atoms with Crippen LogP contribution in [0.1, 0.15) is 12.5 Å². The molecule has 0 aliphatic rings. The van der Waals surface area contributed by atoms with Crippen LogP contribution in [0.2, 0.25) is 5.02 Å².